The van der Waals surface area contributed by atoms with Gasteiger partial charge < -0.3 is 41.7 Å². The van der Waals surface area contributed by atoms with Crippen molar-refractivity contribution in [3.05, 3.63) is 0 Å². The summed E-state index contributed by atoms with van der Waals surface area (Å²) >= 11 is 0. The van der Waals surface area contributed by atoms with Crippen LogP contribution in [0.3, 0.4) is 0 Å². The molecule has 0 spiro atoms. The monoisotopic (exact) mass is 685 g/mol. The van der Waals surface area contributed by atoms with Crippen LogP contribution in [0.15, 0.2) is 0 Å². The molecule has 0 saturated carbocycles. The van der Waals surface area contributed by atoms with E-state index in [1.807, 2.05) is 0 Å². The predicted octanol–water partition coefficient (Wildman–Crippen LogP) is 7.33. The van der Waals surface area contributed by atoms with E-state index in [1.54, 1.807) is 0 Å². The molecule has 6 heteroatoms. The molecule has 0 unspecified atom stereocenters. The van der Waals surface area contributed by atoms with Crippen LogP contribution in [-0.2, 0) is 13.3 Å². The highest BCUT2D eigenvalue weighted by Gasteiger charge is 2.40. The summed E-state index contributed by atoms with van der Waals surface area (Å²) in [5.41, 5.74) is 0. The zero-order chi connectivity index (χ0) is 28.2. The van der Waals surface area contributed by atoms with E-state index in [9.17, 15) is 0 Å². The van der Waals surface area contributed by atoms with Gasteiger partial charge in [0.25, 0.3) is 0 Å². The average molecular weight is 686 g/mol. The lowest BCUT2D eigenvalue weighted by Gasteiger charge is -2.38. The van der Waals surface area contributed by atoms with Crippen LogP contribution in [-0.4, -0.2) is 59.3 Å². The van der Waals surface area contributed by atoms with E-state index >= 15 is 0 Å². The molecule has 4 nitrogen and oxygen atoms in total. The molecule has 0 aromatic heterocycles. The van der Waals surface area contributed by atoms with Crippen LogP contribution in [0.2, 0.25) is 6.04 Å². The molecule has 238 valence electrons. The van der Waals surface area contributed by atoms with Crippen molar-refractivity contribution in [1.29, 1.82) is 0 Å². The molecule has 0 atom stereocenters. The van der Waals surface area contributed by atoms with E-state index in [0.29, 0.717) is 19.8 Å². The molecule has 0 N–H and O–H groups in total. The Morgan fingerprint density at radius 1 is 0.410 bits per heavy atom. The maximum Gasteiger partial charge on any atom is 0.501 e. The van der Waals surface area contributed by atoms with Gasteiger partial charge in [-0.2, -0.15) is 0 Å². The number of halogens is 1. The third kappa shape index (κ3) is 23.0. The van der Waals surface area contributed by atoms with Gasteiger partial charge in [-0.25, -0.2) is 0 Å². The molecule has 0 saturated heterocycles. The van der Waals surface area contributed by atoms with Crippen LogP contribution in [0.1, 0.15) is 164 Å². The van der Waals surface area contributed by atoms with Crippen LogP contribution >= 0.6 is 0 Å². The van der Waals surface area contributed by atoms with Gasteiger partial charge in [-0.15, -0.1) is 0 Å². The third-order valence-corrected chi connectivity index (χ3v) is 11.7. The zero-order valence-corrected chi connectivity index (χ0v) is 30.8. The normalized spacial score (nSPS) is 12.2. The molecule has 0 aliphatic carbocycles. The fraction of sp³-hybridized carbons (Fsp3) is 1.00. The highest BCUT2D eigenvalue weighted by Crippen LogP contribution is 2.21. The summed E-state index contributed by atoms with van der Waals surface area (Å²) in [7, 11) is -2.51. The summed E-state index contributed by atoms with van der Waals surface area (Å²) in [5.74, 6) is 0. The van der Waals surface area contributed by atoms with Gasteiger partial charge in [-0.1, -0.05) is 110 Å². The molecule has 0 aromatic carbocycles. The van der Waals surface area contributed by atoms with Crippen molar-refractivity contribution in [3.63, 3.8) is 0 Å². The average Bonchev–Trinajstić information content (AvgIpc) is 2.92. The van der Waals surface area contributed by atoms with Crippen LogP contribution in [0.5, 0.6) is 0 Å². The summed E-state index contributed by atoms with van der Waals surface area (Å²) in [5, 5.41) is 0. The zero-order valence-electron chi connectivity index (χ0n) is 27.6. The lowest BCUT2D eigenvalue weighted by Crippen LogP contribution is -3.00. The molecule has 0 amide bonds. The minimum atomic E-state index is -2.51. The maximum absolute atomic E-state index is 6.08. The minimum Gasteiger partial charge on any atom is -1.00 e. The van der Waals surface area contributed by atoms with Gasteiger partial charge in [-0.05, 0) is 47.5 Å². The summed E-state index contributed by atoms with van der Waals surface area (Å²) in [6.45, 7) is 20.2. The molecule has 0 aromatic rings. The molecule has 39 heavy (non-hydrogen) atoms. The Balaban J connectivity index is 0. The molecule has 0 aliphatic heterocycles. The first-order valence-electron chi connectivity index (χ1n) is 17.3. The van der Waals surface area contributed by atoms with Gasteiger partial charge in [0.2, 0.25) is 0 Å². The van der Waals surface area contributed by atoms with E-state index in [2.05, 4.69) is 41.5 Å². The number of nitrogens with zero attached hydrogens (tertiary/aromatic N) is 1. The van der Waals surface area contributed by atoms with Gasteiger partial charge in [0.05, 0.1) is 26.2 Å². The number of hydrogen-bond donors (Lipinski definition) is 0. The summed E-state index contributed by atoms with van der Waals surface area (Å²) in [6, 6.07) is 0.946. The Bertz CT molecular complexity index is 463. The molecular formula is C33H72INO3Si. The molecular weight excluding hydrogens is 613 g/mol. The van der Waals surface area contributed by atoms with Gasteiger partial charge in [-0.3, -0.25) is 0 Å². The number of unbranched alkanes of at least 4 members (excludes halogenated alkanes) is 17. The van der Waals surface area contributed by atoms with Crippen molar-refractivity contribution >= 4 is 8.80 Å². The Hall–Kier alpha value is 0.787. The predicted molar refractivity (Wildman–Crippen MR) is 170 cm³/mol. The topological polar surface area (TPSA) is 27.7 Å². The van der Waals surface area contributed by atoms with Gasteiger partial charge in [0.15, 0.2) is 0 Å². The molecule has 0 aliphatic rings. The second kappa shape index (κ2) is 30.3. The van der Waals surface area contributed by atoms with Gasteiger partial charge >= 0.3 is 8.80 Å². The van der Waals surface area contributed by atoms with E-state index in [-0.39, 0.29) is 24.0 Å². The lowest BCUT2D eigenvalue weighted by molar-refractivity contribution is -0.925. The van der Waals surface area contributed by atoms with Crippen molar-refractivity contribution in [1.82, 2.24) is 0 Å². The van der Waals surface area contributed by atoms with Gasteiger partial charge in [0, 0.05) is 32.3 Å². The number of rotatable bonds is 31. The van der Waals surface area contributed by atoms with Gasteiger partial charge in [0.1, 0.15) is 0 Å². The van der Waals surface area contributed by atoms with Crippen LogP contribution in [0.25, 0.3) is 0 Å². The molecule has 0 fully saturated rings. The van der Waals surface area contributed by atoms with Crippen LogP contribution in [0.4, 0.5) is 0 Å². The highest BCUT2D eigenvalue weighted by atomic mass is 127. The minimum absolute atomic E-state index is 0. The maximum atomic E-state index is 6.08. The third-order valence-electron chi connectivity index (χ3n) is 8.54. The second-order valence-electron chi connectivity index (χ2n) is 11.5. The Labute approximate surface area is 265 Å². The van der Waals surface area contributed by atoms with Crippen LogP contribution < -0.4 is 24.0 Å². The van der Waals surface area contributed by atoms with E-state index < -0.39 is 8.80 Å². The smallest absolute Gasteiger partial charge is 0.501 e. The first kappa shape index (κ1) is 41.9. The highest BCUT2D eigenvalue weighted by molar-refractivity contribution is 6.60. The molecule has 0 rings (SSSR count). The number of hydrogen-bond acceptors (Lipinski definition) is 3. The molecule has 0 radical (unpaired) electrons. The molecule has 0 bridgehead atoms. The quantitative estimate of drug-likeness (QED) is 0.0331. The van der Waals surface area contributed by atoms with Crippen molar-refractivity contribution in [2.45, 2.75) is 170 Å². The Kier molecular flexibility index (Phi) is 32.5. The van der Waals surface area contributed by atoms with Crippen molar-refractivity contribution in [2.75, 3.05) is 46.0 Å². The first-order chi connectivity index (χ1) is 18.6. The van der Waals surface area contributed by atoms with E-state index in [1.165, 1.54) is 146 Å². The Morgan fingerprint density at radius 2 is 0.718 bits per heavy atom. The van der Waals surface area contributed by atoms with Crippen molar-refractivity contribution in [2.24, 2.45) is 0 Å². The van der Waals surface area contributed by atoms with Crippen molar-refractivity contribution < 1.29 is 41.7 Å². The summed E-state index contributed by atoms with van der Waals surface area (Å²) < 4.78 is 19.5. The fourth-order valence-corrected chi connectivity index (χ4v) is 8.54. The Morgan fingerprint density at radius 3 is 1.03 bits per heavy atom. The second-order valence-corrected chi connectivity index (χ2v) is 14.2. The standard InChI is InChI=1S/C33H72NO3Si.HI/c1-7-13-14-15-16-17-18-19-20-21-22-23-24-25-26-27-28-29-31-34(8-2,9-3)32-30-33-38(35-10-4,36-11-5)37-12-6;/h7-33H2,1-6H3;1H/q+1;/p-1. The first-order valence-corrected chi connectivity index (χ1v) is 19.3. The lowest BCUT2D eigenvalue weighted by atomic mass is 10.0. The fourth-order valence-electron chi connectivity index (χ4n) is 5.95. The van der Waals surface area contributed by atoms with E-state index in [4.69, 9.17) is 13.3 Å². The van der Waals surface area contributed by atoms with Crippen LogP contribution in [0, 0.1) is 0 Å². The summed E-state index contributed by atoms with van der Waals surface area (Å²) in [6.07, 6.45) is 27.1. The summed E-state index contributed by atoms with van der Waals surface area (Å²) in [4.78, 5) is 0. The van der Waals surface area contributed by atoms with E-state index in [0.717, 1.165) is 12.5 Å². The number of quaternary nitrogens is 1. The largest absolute Gasteiger partial charge is 1.00 e. The molecule has 0 heterocycles. The SMILES string of the molecule is CCCCCCCCCCCCCCCCCCCC[N+](CC)(CC)CCC[Si](OCC)(OCC)OCC.[I-]. The van der Waals surface area contributed by atoms with Crippen molar-refractivity contribution in [3.8, 4) is 0 Å².